The molecule has 0 bridgehead atoms. The minimum absolute atomic E-state index is 0.821. The first-order valence-electron chi connectivity index (χ1n) is 4.24. The Kier molecular flexibility index (Phi) is 6.98. The van der Waals surface area contributed by atoms with E-state index in [1.54, 1.807) is 0 Å². The summed E-state index contributed by atoms with van der Waals surface area (Å²) in [5.74, 6) is 0.821. The van der Waals surface area contributed by atoms with Gasteiger partial charge < -0.3 is 5.32 Å². The van der Waals surface area contributed by atoms with E-state index in [9.17, 15) is 0 Å². The van der Waals surface area contributed by atoms with Crippen LogP contribution in [0, 0.1) is 5.92 Å². The highest BCUT2D eigenvalue weighted by atomic mass is 79.9. The molecule has 0 rings (SSSR count). The van der Waals surface area contributed by atoms with Crippen LogP contribution in [0.25, 0.3) is 0 Å². The Labute approximate surface area is 78.4 Å². The third-order valence-corrected chi connectivity index (χ3v) is 2.18. The summed E-state index contributed by atoms with van der Waals surface area (Å²) in [4.78, 5) is 0. The van der Waals surface area contributed by atoms with E-state index in [2.05, 4.69) is 41.7 Å². The Morgan fingerprint density at radius 1 is 1.45 bits per heavy atom. The van der Waals surface area contributed by atoms with Crippen LogP contribution in [-0.4, -0.2) is 13.1 Å². The zero-order valence-electron chi connectivity index (χ0n) is 7.49. The van der Waals surface area contributed by atoms with Gasteiger partial charge in [0.05, 0.1) is 0 Å². The molecule has 0 unspecified atom stereocenters. The Morgan fingerprint density at radius 3 is 2.36 bits per heavy atom. The van der Waals surface area contributed by atoms with E-state index < -0.39 is 0 Å². The Morgan fingerprint density at radius 2 is 2.00 bits per heavy atom. The zero-order valence-corrected chi connectivity index (χ0v) is 9.08. The lowest BCUT2D eigenvalue weighted by molar-refractivity contribution is 0.461. The molecule has 0 heterocycles. The topological polar surface area (TPSA) is 12.0 Å². The molecular formula is C9H18BrN. The van der Waals surface area contributed by atoms with Crippen LogP contribution in [0.5, 0.6) is 0 Å². The molecule has 2 heteroatoms. The molecule has 0 aromatic heterocycles. The molecular weight excluding hydrogens is 202 g/mol. The van der Waals surface area contributed by atoms with Crippen LogP contribution in [0.15, 0.2) is 11.1 Å². The summed E-state index contributed by atoms with van der Waals surface area (Å²) >= 11 is 3.31. The first-order valence-corrected chi connectivity index (χ1v) is 5.04. The number of halogens is 1. The molecule has 0 spiro atoms. The van der Waals surface area contributed by atoms with Crippen molar-refractivity contribution in [2.75, 3.05) is 13.1 Å². The lowest BCUT2D eigenvalue weighted by atomic mass is 10.0. The van der Waals surface area contributed by atoms with Gasteiger partial charge in [-0.3, -0.25) is 0 Å². The molecule has 0 atom stereocenters. The van der Waals surface area contributed by atoms with E-state index in [-0.39, 0.29) is 0 Å². The number of nitrogens with one attached hydrogen (secondary N) is 1. The van der Waals surface area contributed by atoms with Crippen LogP contribution in [-0.2, 0) is 0 Å². The normalized spacial score (nSPS) is 10.5. The van der Waals surface area contributed by atoms with Gasteiger partial charge in [0.25, 0.3) is 0 Å². The van der Waals surface area contributed by atoms with E-state index >= 15 is 0 Å². The molecule has 0 aliphatic rings. The average molecular weight is 220 g/mol. The van der Waals surface area contributed by atoms with Gasteiger partial charge in [-0.25, -0.2) is 0 Å². The fourth-order valence-corrected chi connectivity index (χ4v) is 1.19. The van der Waals surface area contributed by atoms with Crippen molar-refractivity contribution >= 4 is 15.9 Å². The molecule has 11 heavy (non-hydrogen) atoms. The van der Waals surface area contributed by atoms with Crippen molar-refractivity contribution in [3.8, 4) is 0 Å². The lowest BCUT2D eigenvalue weighted by Gasteiger charge is -2.12. The average Bonchev–Trinajstić information content (AvgIpc) is 1.98. The second kappa shape index (κ2) is 6.86. The van der Waals surface area contributed by atoms with Gasteiger partial charge in [-0.05, 0) is 12.5 Å². The lowest BCUT2D eigenvalue weighted by Crippen LogP contribution is -2.23. The van der Waals surface area contributed by atoms with Gasteiger partial charge in [0.15, 0.2) is 0 Å². The summed E-state index contributed by atoms with van der Waals surface area (Å²) in [6.07, 6.45) is 2.52. The van der Waals surface area contributed by atoms with Crippen molar-refractivity contribution in [3.63, 3.8) is 0 Å². The molecule has 0 aliphatic carbocycles. The van der Waals surface area contributed by atoms with E-state index in [0.717, 1.165) is 23.5 Å². The predicted octanol–water partition coefficient (Wildman–Crippen LogP) is 2.92. The first kappa shape index (κ1) is 11.2. The SMILES string of the molecule is C=C(Br)CNCC(CC)CC. The first-order chi connectivity index (χ1) is 5.20. The summed E-state index contributed by atoms with van der Waals surface area (Å²) < 4.78 is 1.03. The van der Waals surface area contributed by atoms with Gasteiger partial charge in [0.1, 0.15) is 0 Å². The van der Waals surface area contributed by atoms with Gasteiger partial charge in [-0.15, -0.1) is 0 Å². The maximum Gasteiger partial charge on any atom is 0.0265 e. The molecule has 0 saturated carbocycles. The van der Waals surface area contributed by atoms with Crippen LogP contribution in [0.2, 0.25) is 0 Å². The molecule has 0 aromatic rings. The molecule has 0 saturated heterocycles. The minimum Gasteiger partial charge on any atom is -0.312 e. The summed E-state index contributed by atoms with van der Waals surface area (Å²) in [6.45, 7) is 10.2. The third kappa shape index (κ3) is 6.57. The van der Waals surface area contributed by atoms with Gasteiger partial charge in [0.2, 0.25) is 0 Å². The molecule has 1 N–H and O–H groups in total. The molecule has 1 nitrogen and oxygen atoms in total. The minimum atomic E-state index is 0.821. The van der Waals surface area contributed by atoms with Crippen LogP contribution in [0.3, 0.4) is 0 Å². The monoisotopic (exact) mass is 219 g/mol. The van der Waals surface area contributed by atoms with Crippen LogP contribution < -0.4 is 5.32 Å². The predicted molar refractivity (Wildman–Crippen MR) is 55.0 cm³/mol. The van der Waals surface area contributed by atoms with E-state index in [0.29, 0.717) is 0 Å². The molecule has 0 fully saturated rings. The third-order valence-electron chi connectivity index (χ3n) is 1.90. The number of rotatable bonds is 6. The standard InChI is InChI=1S/C9H18BrN/c1-4-9(5-2)7-11-6-8(3)10/h9,11H,3-7H2,1-2H3. The molecule has 0 aliphatic heterocycles. The Balaban J connectivity index is 3.28. The highest BCUT2D eigenvalue weighted by molar-refractivity contribution is 9.11. The fraction of sp³-hybridized carbons (Fsp3) is 0.778. The summed E-state index contributed by atoms with van der Waals surface area (Å²) in [7, 11) is 0. The second-order valence-electron chi connectivity index (χ2n) is 2.83. The van der Waals surface area contributed by atoms with E-state index in [4.69, 9.17) is 0 Å². The highest BCUT2D eigenvalue weighted by Crippen LogP contribution is 2.05. The van der Waals surface area contributed by atoms with E-state index in [1.165, 1.54) is 12.8 Å². The zero-order chi connectivity index (χ0) is 8.69. The largest absolute Gasteiger partial charge is 0.312 e. The summed E-state index contributed by atoms with van der Waals surface area (Å²) in [6, 6.07) is 0. The van der Waals surface area contributed by atoms with Crippen molar-refractivity contribution in [3.05, 3.63) is 11.1 Å². The van der Waals surface area contributed by atoms with Crippen molar-refractivity contribution in [1.82, 2.24) is 5.32 Å². The Bertz CT molecular complexity index is 108. The van der Waals surface area contributed by atoms with Crippen molar-refractivity contribution in [2.24, 2.45) is 5.92 Å². The van der Waals surface area contributed by atoms with Crippen LogP contribution in [0.4, 0.5) is 0 Å². The summed E-state index contributed by atoms with van der Waals surface area (Å²) in [5, 5.41) is 3.34. The quantitative estimate of drug-likeness (QED) is 0.725. The van der Waals surface area contributed by atoms with Crippen molar-refractivity contribution in [2.45, 2.75) is 26.7 Å². The molecule has 66 valence electrons. The molecule has 0 radical (unpaired) electrons. The Hall–Kier alpha value is 0.180. The maximum atomic E-state index is 3.76. The van der Waals surface area contributed by atoms with E-state index in [1.807, 2.05) is 0 Å². The van der Waals surface area contributed by atoms with Gasteiger partial charge in [-0.2, -0.15) is 0 Å². The second-order valence-corrected chi connectivity index (χ2v) is 3.95. The number of hydrogen-bond acceptors (Lipinski definition) is 1. The van der Waals surface area contributed by atoms with Crippen molar-refractivity contribution < 1.29 is 0 Å². The van der Waals surface area contributed by atoms with Crippen molar-refractivity contribution in [1.29, 1.82) is 0 Å². The van der Waals surface area contributed by atoms with Gasteiger partial charge >= 0.3 is 0 Å². The molecule has 0 aromatic carbocycles. The summed E-state index contributed by atoms with van der Waals surface area (Å²) in [5.41, 5.74) is 0. The van der Waals surface area contributed by atoms with Crippen LogP contribution >= 0.6 is 15.9 Å². The highest BCUT2D eigenvalue weighted by Gasteiger charge is 2.01. The van der Waals surface area contributed by atoms with Gasteiger partial charge in [-0.1, -0.05) is 49.2 Å². The maximum absolute atomic E-state index is 3.76. The smallest absolute Gasteiger partial charge is 0.0265 e. The molecule has 0 amide bonds. The van der Waals surface area contributed by atoms with Crippen LogP contribution in [0.1, 0.15) is 26.7 Å². The number of hydrogen-bond donors (Lipinski definition) is 1. The fourth-order valence-electron chi connectivity index (χ4n) is 0.989. The van der Waals surface area contributed by atoms with Gasteiger partial charge in [0, 0.05) is 11.0 Å².